The van der Waals surface area contributed by atoms with Crippen LogP contribution < -0.4 is 4.74 Å². The van der Waals surface area contributed by atoms with Crippen LogP contribution in [0.25, 0.3) is 22.2 Å². The third kappa shape index (κ3) is 3.00. The lowest BCUT2D eigenvalue weighted by Crippen LogP contribution is -2.14. The number of ether oxygens (including phenoxy) is 1. The molecule has 0 radical (unpaired) electrons. The second kappa shape index (κ2) is 7.25. The van der Waals surface area contributed by atoms with Gasteiger partial charge in [0.1, 0.15) is 5.75 Å². The predicted octanol–water partition coefficient (Wildman–Crippen LogP) is 5.47. The number of hydrogen-bond donors (Lipinski definition) is 0. The Bertz CT molecular complexity index is 1280. The van der Waals surface area contributed by atoms with Gasteiger partial charge in [-0.3, -0.25) is 0 Å². The van der Waals surface area contributed by atoms with Crippen molar-refractivity contribution < 1.29 is 13.2 Å². The number of para-hydroxylation sites is 2. The number of rotatable bonds is 4. The molecule has 4 aromatic rings. The Morgan fingerprint density at radius 2 is 1.54 bits per heavy atom. The Morgan fingerprint density at radius 3 is 2.25 bits per heavy atom. The quantitative estimate of drug-likeness (QED) is 0.348. The molecule has 0 saturated heterocycles. The molecule has 0 unspecified atom stereocenters. The standard InChI is InChI=1S/C22H18INO3S/c1-15-11-13-16(14-12-15)28(25,26)24-19-9-5-3-7-17(19)21(23)22(24)18-8-4-6-10-20(18)27-2/h3-14H,1-2H3. The van der Waals surface area contributed by atoms with Crippen LogP contribution in [0.4, 0.5) is 0 Å². The third-order valence-electron chi connectivity index (χ3n) is 4.69. The third-order valence-corrected chi connectivity index (χ3v) is 7.51. The van der Waals surface area contributed by atoms with Crippen LogP contribution in [0, 0.1) is 10.5 Å². The van der Waals surface area contributed by atoms with Gasteiger partial charge in [0.2, 0.25) is 0 Å². The second-order valence-corrected chi connectivity index (χ2v) is 9.33. The second-order valence-electron chi connectivity index (χ2n) is 6.46. The summed E-state index contributed by atoms with van der Waals surface area (Å²) >= 11 is 2.22. The molecule has 0 spiro atoms. The van der Waals surface area contributed by atoms with Crippen molar-refractivity contribution in [1.29, 1.82) is 0 Å². The summed E-state index contributed by atoms with van der Waals surface area (Å²) in [7, 11) is -2.22. The van der Waals surface area contributed by atoms with Gasteiger partial charge in [-0.2, -0.15) is 0 Å². The highest BCUT2D eigenvalue weighted by Gasteiger charge is 2.28. The van der Waals surface area contributed by atoms with Crippen LogP contribution in [0.2, 0.25) is 0 Å². The van der Waals surface area contributed by atoms with E-state index in [9.17, 15) is 8.42 Å². The van der Waals surface area contributed by atoms with Crippen LogP contribution in [0.15, 0.2) is 77.7 Å². The van der Waals surface area contributed by atoms with Gasteiger partial charge in [-0.25, -0.2) is 12.4 Å². The Hall–Kier alpha value is -2.32. The summed E-state index contributed by atoms with van der Waals surface area (Å²) in [5.41, 5.74) is 3.00. The Balaban J connectivity index is 2.12. The molecular formula is C22H18INO3S. The van der Waals surface area contributed by atoms with Gasteiger partial charge in [0.15, 0.2) is 0 Å². The van der Waals surface area contributed by atoms with E-state index in [0.29, 0.717) is 17.0 Å². The van der Waals surface area contributed by atoms with E-state index in [2.05, 4.69) is 22.6 Å². The minimum Gasteiger partial charge on any atom is -0.496 e. The van der Waals surface area contributed by atoms with Crippen LogP contribution in [0.5, 0.6) is 5.75 Å². The smallest absolute Gasteiger partial charge is 0.268 e. The van der Waals surface area contributed by atoms with Crippen molar-refractivity contribution in [2.75, 3.05) is 7.11 Å². The van der Waals surface area contributed by atoms with Gasteiger partial charge in [0, 0.05) is 14.5 Å². The molecule has 0 amide bonds. The molecule has 0 aliphatic heterocycles. The van der Waals surface area contributed by atoms with E-state index in [1.54, 1.807) is 19.2 Å². The van der Waals surface area contributed by atoms with Crippen molar-refractivity contribution >= 4 is 43.5 Å². The van der Waals surface area contributed by atoms with E-state index < -0.39 is 10.0 Å². The summed E-state index contributed by atoms with van der Waals surface area (Å²) in [4.78, 5) is 0.256. The zero-order valence-corrected chi connectivity index (χ0v) is 18.4. The summed E-state index contributed by atoms with van der Waals surface area (Å²) in [6.45, 7) is 1.94. The number of aromatic nitrogens is 1. The first-order valence-corrected chi connectivity index (χ1v) is 11.2. The first-order valence-electron chi connectivity index (χ1n) is 8.69. The molecule has 4 nitrogen and oxygen atoms in total. The van der Waals surface area contributed by atoms with E-state index in [1.807, 2.05) is 67.6 Å². The van der Waals surface area contributed by atoms with Gasteiger partial charge in [-0.05, 0) is 59.8 Å². The number of halogens is 1. The molecule has 0 aliphatic carbocycles. The van der Waals surface area contributed by atoms with Gasteiger partial charge < -0.3 is 4.74 Å². The van der Waals surface area contributed by atoms with Gasteiger partial charge >= 0.3 is 0 Å². The molecule has 142 valence electrons. The maximum Gasteiger partial charge on any atom is 0.268 e. The van der Waals surface area contributed by atoms with Crippen molar-refractivity contribution in [2.24, 2.45) is 0 Å². The SMILES string of the molecule is COc1ccccc1-c1c(I)c2ccccc2n1S(=O)(=O)c1ccc(C)cc1. The number of methoxy groups -OCH3 is 1. The first-order chi connectivity index (χ1) is 13.4. The van der Waals surface area contributed by atoms with E-state index >= 15 is 0 Å². The maximum atomic E-state index is 13.7. The van der Waals surface area contributed by atoms with Crippen LogP contribution in [-0.2, 0) is 10.0 Å². The lowest BCUT2D eigenvalue weighted by molar-refractivity contribution is 0.416. The minimum absolute atomic E-state index is 0.256. The normalized spacial score (nSPS) is 11.7. The zero-order chi connectivity index (χ0) is 19.9. The lowest BCUT2D eigenvalue weighted by Gasteiger charge is -2.15. The Labute approximate surface area is 178 Å². The van der Waals surface area contributed by atoms with Crippen molar-refractivity contribution in [2.45, 2.75) is 11.8 Å². The molecule has 1 heterocycles. The zero-order valence-electron chi connectivity index (χ0n) is 15.4. The molecule has 0 N–H and O–H groups in total. The molecule has 28 heavy (non-hydrogen) atoms. The number of aryl methyl sites for hydroxylation is 1. The highest BCUT2D eigenvalue weighted by Crippen LogP contribution is 2.40. The number of hydrogen-bond acceptors (Lipinski definition) is 3. The maximum absolute atomic E-state index is 13.7. The average molecular weight is 503 g/mol. The van der Waals surface area contributed by atoms with E-state index in [-0.39, 0.29) is 4.90 Å². The summed E-state index contributed by atoms with van der Waals surface area (Å²) in [6.07, 6.45) is 0. The fourth-order valence-electron chi connectivity index (χ4n) is 3.31. The largest absolute Gasteiger partial charge is 0.496 e. The van der Waals surface area contributed by atoms with Crippen molar-refractivity contribution in [3.63, 3.8) is 0 Å². The molecule has 0 atom stereocenters. The fourth-order valence-corrected chi connectivity index (χ4v) is 6.00. The summed E-state index contributed by atoms with van der Waals surface area (Å²) < 4.78 is 35.2. The van der Waals surface area contributed by atoms with Crippen molar-refractivity contribution in [1.82, 2.24) is 3.97 Å². The van der Waals surface area contributed by atoms with Crippen LogP contribution >= 0.6 is 22.6 Å². The minimum atomic E-state index is -3.81. The van der Waals surface area contributed by atoms with E-state index in [1.165, 1.54) is 3.97 Å². The van der Waals surface area contributed by atoms with Crippen LogP contribution in [0.1, 0.15) is 5.56 Å². The lowest BCUT2D eigenvalue weighted by atomic mass is 10.1. The molecular weight excluding hydrogens is 485 g/mol. The van der Waals surface area contributed by atoms with Crippen LogP contribution in [0.3, 0.4) is 0 Å². The average Bonchev–Trinajstić information content (AvgIpc) is 3.01. The molecule has 0 saturated carbocycles. The summed E-state index contributed by atoms with van der Waals surface area (Å²) in [5, 5.41) is 0.889. The number of fused-ring (bicyclic) bond motifs is 1. The Kier molecular flexibility index (Phi) is 4.93. The molecule has 3 aromatic carbocycles. The fraction of sp³-hybridized carbons (Fsp3) is 0.0909. The highest BCUT2D eigenvalue weighted by molar-refractivity contribution is 14.1. The van der Waals surface area contributed by atoms with E-state index in [4.69, 9.17) is 4.74 Å². The molecule has 1 aromatic heterocycles. The number of nitrogens with zero attached hydrogens (tertiary/aromatic N) is 1. The topological polar surface area (TPSA) is 48.3 Å². The predicted molar refractivity (Wildman–Crippen MR) is 120 cm³/mol. The van der Waals surface area contributed by atoms with E-state index in [0.717, 1.165) is 20.1 Å². The molecule has 0 aliphatic rings. The Morgan fingerprint density at radius 1 is 0.893 bits per heavy atom. The van der Waals surface area contributed by atoms with Crippen molar-refractivity contribution in [3.05, 3.63) is 81.9 Å². The number of benzene rings is 3. The van der Waals surface area contributed by atoms with Crippen LogP contribution in [-0.4, -0.2) is 19.5 Å². The molecule has 0 fully saturated rings. The van der Waals surface area contributed by atoms with Gasteiger partial charge in [-0.1, -0.05) is 48.0 Å². The van der Waals surface area contributed by atoms with Gasteiger partial charge in [-0.15, -0.1) is 0 Å². The van der Waals surface area contributed by atoms with Crippen molar-refractivity contribution in [3.8, 4) is 17.0 Å². The monoisotopic (exact) mass is 503 g/mol. The summed E-state index contributed by atoms with van der Waals surface area (Å²) in [5.74, 6) is 0.628. The summed E-state index contributed by atoms with van der Waals surface area (Å²) in [6, 6.07) is 22.0. The molecule has 0 bridgehead atoms. The molecule has 6 heteroatoms. The highest BCUT2D eigenvalue weighted by atomic mass is 127. The first kappa shape index (κ1) is 19.0. The molecule has 4 rings (SSSR count). The van der Waals surface area contributed by atoms with Gasteiger partial charge in [0.05, 0.1) is 23.2 Å². The van der Waals surface area contributed by atoms with Gasteiger partial charge in [0.25, 0.3) is 10.0 Å².